The van der Waals surface area contributed by atoms with Crippen LogP contribution >= 0.6 is 0 Å². The summed E-state index contributed by atoms with van der Waals surface area (Å²) >= 11 is 0. The van der Waals surface area contributed by atoms with E-state index in [1.54, 1.807) is 48.5 Å². The van der Waals surface area contributed by atoms with E-state index >= 15 is 0 Å². The summed E-state index contributed by atoms with van der Waals surface area (Å²) in [6.07, 6.45) is 6.47. The maximum absolute atomic E-state index is 12.0. The van der Waals surface area contributed by atoms with Crippen LogP contribution in [0.15, 0.2) is 267 Å². The van der Waals surface area contributed by atoms with E-state index in [4.69, 9.17) is 0 Å². The van der Waals surface area contributed by atoms with Crippen LogP contribution in [-0.2, 0) is 40.9 Å². The summed E-state index contributed by atoms with van der Waals surface area (Å²) < 4.78 is 0. The molecule has 8 heteroatoms. The van der Waals surface area contributed by atoms with Crippen LogP contribution in [0.3, 0.4) is 0 Å². The van der Waals surface area contributed by atoms with Gasteiger partial charge in [-0.3, -0.25) is 0 Å². The second-order valence-electron chi connectivity index (χ2n) is 33.9. The van der Waals surface area contributed by atoms with Crippen LogP contribution in [0.2, 0.25) is 0 Å². The van der Waals surface area contributed by atoms with Gasteiger partial charge in [0.2, 0.25) is 0 Å². The molecule has 550 valence electrons. The van der Waals surface area contributed by atoms with Crippen LogP contribution in [-0.4, -0.2) is 44.3 Å². The van der Waals surface area contributed by atoms with Crippen molar-refractivity contribution in [1.29, 1.82) is 0 Å². The second-order valence-corrected chi connectivity index (χ2v) is 33.9. The second kappa shape index (κ2) is 25.2. The fourth-order valence-electron chi connectivity index (χ4n) is 20.3. The zero-order valence-electron chi connectivity index (χ0n) is 64.6. The van der Waals surface area contributed by atoms with Crippen molar-refractivity contribution in [1.82, 2.24) is 0 Å². The number of carboxylic acids is 4. The Balaban J connectivity index is 0.799. The van der Waals surface area contributed by atoms with Gasteiger partial charge in [0.1, 0.15) is 0 Å². The Morgan fingerprint density at radius 2 is 0.628 bits per heavy atom. The highest BCUT2D eigenvalue weighted by atomic mass is 16.4. The summed E-state index contributed by atoms with van der Waals surface area (Å²) in [5.74, 6) is -3.87. The van der Waals surface area contributed by atoms with Gasteiger partial charge in [0.25, 0.3) is 0 Å². The number of fused-ring (bicyclic) bond motifs is 10. The van der Waals surface area contributed by atoms with Crippen LogP contribution in [0.5, 0.6) is 0 Å². The van der Waals surface area contributed by atoms with Crippen LogP contribution < -0.4 is 0 Å². The van der Waals surface area contributed by atoms with E-state index in [-0.39, 0.29) is 39.0 Å². The third-order valence-electron chi connectivity index (χ3n) is 26.5. The quantitative estimate of drug-likeness (QED) is 0.0787. The number of benzene rings is 13. The average molecular weight is 1470 g/mol. The Morgan fingerprint density at radius 1 is 0.319 bits per heavy atom. The highest BCUT2D eigenvalue weighted by molar-refractivity contribution is 6.00. The molecule has 0 amide bonds. The standard InChI is InChI=1S/C105H82O8/c1-11-57(58-12-20-62(21-13-58)98(106)107)46-88-56(2)73-35-31-72(51-89(73)102(88,3)4)86-54-84(70-33-40-79-76-37-29-67(48-91(76)104(7,8)94(79)52-70)60-16-24-64(25-17-60)100(110)111)83-45-44-81-74(69-32-39-78-75-36-28-66(47-90(75)103(5,6)93(78)50-69)59-14-22-63(23-15-59)99(108)109)42-43-82-85(55-87(86)97(83)96(81)82)71-34-41-80-77-38-30-68(49-92(77)105(9,10)95(80)53-71)61-18-26-65(27-19-61)101(112)113/h11-43,46-54,85H,1,44-45,55H2,2-10H3,(H,106,107)(H,108,109)(H,110,111)(H,112,113)/b57-46+. The lowest BCUT2D eigenvalue weighted by molar-refractivity contribution is 0.0686. The molecule has 0 aliphatic heterocycles. The van der Waals surface area contributed by atoms with Gasteiger partial charge in [-0.05, 0) is 323 Å². The Morgan fingerprint density at radius 3 is 1.04 bits per heavy atom. The molecule has 4 N–H and O–H groups in total. The minimum atomic E-state index is -0.969. The Bertz CT molecular complexity index is 6500. The predicted molar refractivity (Wildman–Crippen MR) is 455 cm³/mol. The zero-order valence-corrected chi connectivity index (χ0v) is 64.6. The van der Waals surface area contributed by atoms with Crippen LogP contribution in [0, 0.1) is 0 Å². The predicted octanol–water partition coefficient (Wildman–Crippen LogP) is 25.2. The summed E-state index contributed by atoms with van der Waals surface area (Å²) in [6, 6.07) is 84.9. The smallest absolute Gasteiger partial charge is 0.335 e. The third-order valence-corrected chi connectivity index (χ3v) is 26.5. The van der Waals surface area contributed by atoms with Gasteiger partial charge in [-0.1, -0.05) is 226 Å². The van der Waals surface area contributed by atoms with Crippen molar-refractivity contribution in [3.05, 3.63) is 367 Å². The topological polar surface area (TPSA) is 149 Å². The molecule has 19 rings (SSSR count). The molecule has 8 nitrogen and oxygen atoms in total. The molecule has 6 aliphatic rings. The van der Waals surface area contributed by atoms with E-state index in [0.29, 0.717) is 0 Å². The van der Waals surface area contributed by atoms with E-state index < -0.39 is 34.7 Å². The molecule has 13 aromatic rings. The lowest BCUT2D eigenvalue weighted by atomic mass is 9.65. The molecular formula is C105H82O8. The van der Waals surface area contributed by atoms with E-state index in [1.807, 2.05) is 54.6 Å². The molecule has 0 aromatic heterocycles. The number of aromatic carboxylic acids is 4. The van der Waals surface area contributed by atoms with Crippen molar-refractivity contribution in [3.63, 3.8) is 0 Å². The summed E-state index contributed by atoms with van der Waals surface area (Å²) in [5, 5.41) is 39.2. The first kappa shape index (κ1) is 70.4. The number of rotatable bonds is 14. The number of carboxylic acid groups (broad SMARTS) is 4. The number of carbonyl (C=O) groups is 4. The Hall–Kier alpha value is -13.0. The molecule has 0 fully saturated rings. The van der Waals surface area contributed by atoms with Gasteiger partial charge in [0.15, 0.2) is 0 Å². The SMILES string of the molecule is C=C/C(=C\C1=C(C)c2ccc(-c3cc(-c4ccc5c(c4)C(C)(C)c4cc(-c6ccc(C(=O)O)cc6)ccc4-5)c4c5c3CC(c3ccc6c(c3)C(C)(C)c3cc(-c7ccc(C(=O)O)cc7)ccc3-6)c3ccc(-c6ccc7c(c6)C(C)(C)c6cc(-c8ccc(C(=O)O)cc8)ccc6-7)c(c3-5)CC4)cc2C1(C)C)c1ccc(C(=O)O)cc1. The largest absolute Gasteiger partial charge is 0.478 e. The first-order chi connectivity index (χ1) is 54.2. The van der Waals surface area contributed by atoms with Crippen LogP contribution in [0.25, 0.3) is 122 Å². The highest BCUT2D eigenvalue weighted by Gasteiger charge is 2.44. The maximum atomic E-state index is 12.0. The third kappa shape index (κ3) is 10.8. The van der Waals surface area contributed by atoms with Crippen molar-refractivity contribution in [2.45, 2.75) is 109 Å². The van der Waals surface area contributed by atoms with Crippen molar-refractivity contribution in [3.8, 4) is 111 Å². The van der Waals surface area contributed by atoms with E-state index in [1.165, 1.54) is 150 Å². The molecule has 1 atom stereocenters. The molecule has 1 unspecified atom stereocenters. The molecular weight excluding hydrogens is 1390 g/mol. The monoisotopic (exact) mass is 1470 g/mol. The molecule has 0 bridgehead atoms. The lowest BCUT2D eigenvalue weighted by Crippen LogP contribution is -2.22. The molecule has 0 radical (unpaired) electrons. The van der Waals surface area contributed by atoms with Crippen molar-refractivity contribution < 1.29 is 39.6 Å². The number of hydrogen-bond donors (Lipinski definition) is 4. The van der Waals surface area contributed by atoms with E-state index in [0.717, 1.165) is 74.9 Å². The first-order valence-corrected chi connectivity index (χ1v) is 39.0. The van der Waals surface area contributed by atoms with Crippen molar-refractivity contribution in [2.24, 2.45) is 0 Å². The average Bonchev–Trinajstić information content (AvgIpc) is 1.25. The van der Waals surface area contributed by atoms with Gasteiger partial charge in [-0.15, -0.1) is 0 Å². The molecule has 0 saturated carbocycles. The minimum absolute atomic E-state index is 0.0512. The molecule has 0 heterocycles. The van der Waals surface area contributed by atoms with E-state index in [9.17, 15) is 39.6 Å². The fourth-order valence-corrected chi connectivity index (χ4v) is 20.3. The molecule has 113 heavy (non-hydrogen) atoms. The summed E-state index contributed by atoms with van der Waals surface area (Å²) in [5.41, 5.74) is 43.1. The van der Waals surface area contributed by atoms with Gasteiger partial charge < -0.3 is 20.4 Å². The molecule has 0 saturated heterocycles. The van der Waals surface area contributed by atoms with Crippen LogP contribution in [0.1, 0.15) is 188 Å². The van der Waals surface area contributed by atoms with E-state index in [2.05, 4.69) is 221 Å². The molecule has 0 spiro atoms. The first-order valence-electron chi connectivity index (χ1n) is 39.0. The fraction of sp³-hybridized carbons (Fsp3) is 0.162. The van der Waals surface area contributed by atoms with Crippen molar-refractivity contribution >= 4 is 35.0 Å². The lowest BCUT2D eigenvalue weighted by Gasteiger charge is -2.38. The maximum Gasteiger partial charge on any atom is 0.335 e. The van der Waals surface area contributed by atoms with Gasteiger partial charge in [-0.2, -0.15) is 0 Å². The number of allylic oxidation sites excluding steroid dienone is 5. The molecule has 13 aromatic carbocycles. The Kier molecular flexibility index (Phi) is 15.7. The van der Waals surface area contributed by atoms with Gasteiger partial charge in [-0.25, -0.2) is 19.2 Å². The van der Waals surface area contributed by atoms with Crippen LogP contribution in [0.4, 0.5) is 0 Å². The normalized spacial score (nSPS) is 16.1. The minimum Gasteiger partial charge on any atom is -0.478 e. The highest BCUT2D eigenvalue weighted by Crippen LogP contribution is 2.60. The Labute approximate surface area is 658 Å². The van der Waals surface area contributed by atoms with Crippen molar-refractivity contribution in [2.75, 3.05) is 0 Å². The summed E-state index contributed by atoms with van der Waals surface area (Å²) in [6.45, 7) is 25.2. The number of hydrogen-bond acceptors (Lipinski definition) is 4. The van der Waals surface area contributed by atoms with Gasteiger partial charge in [0, 0.05) is 27.6 Å². The summed E-state index contributed by atoms with van der Waals surface area (Å²) in [4.78, 5) is 47.8. The zero-order chi connectivity index (χ0) is 78.4. The molecule has 6 aliphatic carbocycles. The summed E-state index contributed by atoms with van der Waals surface area (Å²) in [7, 11) is 0. The van der Waals surface area contributed by atoms with Gasteiger partial charge in [0.05, 0.1) is 22.3 Å². The van der Waals surface area contributed by atoms with Gasteiger partial charge >= 0.3 is 23.9 Å².